The summed E-state index contributed by atoms with van der Waals surface area (Å²) < 4.78 is 10.9. The van der Waals surface area contributed by atoms with Gasteiger partial charge in [-0.3, -0.25) is 9.78 Å². The van der Waals surface area contributed by atoms with Crippen LogP contribution in [0.5, 0.6) is 11.5 Å². The number of rotatable bonds is 4. The highest BCUT2D eigenvalue weighted by atomic mass is 16.5. The Hall–Kier alpha value is -2.56. The molecular formula is C17H18N2O3. The van der Waals surface area contributed by atoms with Crippen molar-refractivity contribution >= 4 is 5.91 Å². The van der Waals surface area contributed by atoms with E-state index in [1.165, 1.54) is 0 Å². The average molecular weight is 298 g/mol. The second-order valence-electron chi connectivity index (χ2n) is 5.29. The SMILES string of the molecule is COc1ccc2c(c1)OC[C@@H](NC(=O)Cc1ccncc1)C2. The van der Waals surface area contributed by atoms with Crippen LogP contribution in [0.15, 0.2) is 42.7 Å². The zero-order valence-electron chi connectivity index (χ0n) is 12.4. The molecule has 22 heavy (non-hydrogen) atoms. The molecule has 1 aliphatic rings. The summed E-state index contributed by atoms with van der Waals surface area (Å²) in [7, 11) is 1.63. The van der Waals surface area contributed by atoms with E-state index in [1.807, 2.05) is 30.3 Å². The van der Waals surface area contributed by atoms with E-state index in [-0.39, 0.29) is 11.9 Å². The molecule has 0 fully saturated rings. The highest BCUT2D eigenvalue weighted by molar-refractivity contribution is 5.78. The Labute approximate surface area is 129 Å². The van der Waals surface area contributed by atoms with Crippen molar-refractivity contribution in [3.05, 3.63) is 53.9 Å². The van der Waals surface area contributed by atoms with Gasteiger partial charge < -0.3 is 14.8 Å². The number of fused-ring (bicyclic) bond motifs is 1. The van der Waals surface area contributed by atoms with E-state index in [0.29, 0.717) is 13.0 Å². The van der Waals surface area contributed by atoms with Crippen LogP contribution in [0.25, 0.3) is 0 Å². The molecule has 1 aromatic carbocycles. The van der Waals surface area contributed by atoms with Crippen LogP contribution in [0.4, 0.5) is 0 Å². The maximum atomic E-state index is 12.1. The molecule has 2 aromatic rings. The van der Waals surface area contributed by atoms with Crippen molar-refractivity contribution in [1.82, 2.24) is 10.3 Å². The monoisotopic (exact) mass is 298 g/mol. The molecule has 3 rings (SSSR count). The van der Waals surface area contributed by atoms with Crippen LogP contribution in [0.1, 0.15) is 11.1 Å². The van der Waals surface area contributed by atoms with Gasteiger partial charge in [0.2, 0.25) is 5.91 Å². The standard InChI is InChI=1S/C17H18N2O3/c1-21-15-3-2-13-9-14(11-22-16(13)10-15)19-17(20)8-12-4-6-18-7-5-12/h2-7,10,14H,8-9,11H2,1H3,(H,19,20)/t14-/m0/s1. The lowest BCUT2D eigenvalue weighted by Gasteiger charge is -2.26. The quantitative estimate of drug-likeness (QED) is 0.934. The van der Waals surface area contributed by atoms with Crippen LogP contribution >= 0.6 is 0 Å². The predicted octanol–water partition coefficient (Wildman–Crippen LogP) is 1.75. The molecule has 1 aliphatic heterocycles. The fraction of sp³-hybridized carbons (Fsp3) is 0.294. The van der Waals surface area contributed by atoms with Crippen LogP contribution in [0, 0.1) is 0 Å². The van der Waals surface area contributed by atoms with Crippen molar-refractivity contribution in [3.8, 4) is 11.5 Å². The summed E-state index contributed by atoms with van der Waals surface area (Å²) in [6, 6.07) is 9.45. The van der Waals surface area contributed by atoms with Crippen molar-refractivity contribution in [2.45, 2.75) is 18.9 Å². The van der Waals surface area contributed by atoms with Crippen LogP contribution in [0.3, 0.4) is 0 Å². The molecular weight excluding hydrogens is 280 g/mol. The smallest absolute Gasteiger partial charge is 0.224 e. The fourth-order valence-corrected chi connectivity index (χ4v) is 2.54. The zero-order valence-corrected chi connectivity index (χ0v) is 12.4. The molecule has 0 saturated carbocycles. The van der Waals surface area contributed by atoms with Gasteiger partial charge in [-0.05, 0) is 35.7 Å². The van der Waals surface area contributed by atoms with Gasteiger partial charge in [-0.2, -0.15) is 0 Å². The van der Waals surface area contributed by atoms with Gasteiger partial charge in [-0.25, -0.2) is 0 Å². The van der Waals surface area contributed by atoms with E-state index in [9.17, 15) is 4.79 Å². The number of hydrogen-bond donors (Lipinski definition) is 1. The molecule has 5 nitrogen and oxygen atoms in total. The number of carbonyl (C=O) groups excluding carboxylic acids is 1. The van der Waals surface area contributed by atoms with Gasteiger partial charge in [0.05, 0.1) is 19.6 Å². The van der Waals surface area contributed by atoms with Gasteiger partial charge in [-0.1, -0.05) is 6.07 Å². The van der Waals surface area contributed by atoms with E-state index in [1.54, 1.807) is 19.5 Å². The Kier molecular flexibility index (Phi) is 4.23. The van der Waals surface area contributed by atoms with Crippen molar-refractivity contribution in [3.63, 3.8) is 0 Å². The Bertz CT molecular complexity index is 658. The average Bonchev–Trinajstić information content (AvgIpc) is 2.55. The third-order valence-electron chi connectivity index (χ3n) is 3.66. The predicted molar refractivity (Wildman–Crippen MR) is 82.1 cm³/mol. The first-order valence-electron chi connectivity index (χ1n) is 7.22. The number of carbonyl (C=O) groups is 1. The number of hydrogen-bond acceptors (Lipinski definition) is 4. The topological polar surface area (TPSA) is 60.5 Å². The third kappa shape index (κ3) is 3.36. The van der Waals surface area contributed by atoms with Crippen molar-refractivity contribution in [1.29, 1.82) is 0 Å². The Morgan fingerprint density at radius 2 is 2.18 bits per heavy atom. The summed E-state index contributed by atoms with van der Waals surface area (Å²) >= 11 is 0. The van der Waals surface area contributed by atoms with Gasteiger partial charge in [0.25, 0.3) is 0 Å². The molecule has 0 unspecified atom stereocenters. The summed E-state index contributed by atoms with van der Waals surface area (Å²) in [6.07, 6.45) is 4.50. The van der Waals surface area contributed by atoms with Gasteiger partial charge in [0.15, 0.2) is 0 Å². The maximum Gasteiger partial charge on any atom is 0.224 e. The molecule has 0 aliphatic carbocycles. The summed E-state index contributed by atoms with van der Waals surface area (Å²) in [4.78, 5) is 16.0. The number of ether oxygens (including phenoxy) is 2. The van der Waals surface area contributed by atoms with Gasteiger partial charge in [-0.15, -0.1) is 0 Å². The number of nitrogens with zero attached hydrogens (tertiary/aromatic N) is 1. The number of pyridine rings is 1. The second-order valence-corrected chi connectivity index (χ2v) is 5.29. The minimum atomic E-state index is -0.00441. The first-order chi connectivity index (χ1) is 10.7. The zero-order chi connectivity index (χ0) is 15.4. The highest BCUT2D eigenvalue weighted by Gasteiger charge is 2.21. The van der Waals surface area contributed by atoms with Crippen LogP contribution < -0.4 is 14.8 Å². The second kappa shape index (κ2) is 6.47. The van der Waals surface area contributed by atoms with Crippen molar-refractivity contribution in [2.75, 3.05) is 13.7 Å². The van der Waals surface area contributed by atoms with Gasteiger partial charge >= 0.3 is 0 Å². The van der Waals surface area contributed by atoms with Crippen LogP contribution in [-0.4, -0.2) is 30.6 Å². The molecule has 5 heteroatoms. The minimum absolute atomic E-state index is 0.00300. The Balaban J connectivity index is 1.59. The van der Waals surface area contributed by atoms with E-state index in [4.69, 9.17) is 9.47 Å². The molecule has 1 aromatic heterocycles. The van der Waals surface area contributed by atoms with Crippen molar-refractivity contribution in [2.24, 2.45) is 0 Å². The summed E-state index contributed by atoms with van der Waals surface area (Å²) in [5.74, 6) is 1.61. The molecule has 1 atom stereocenters. The largest absolute Gasteiger partial charge is 0.497 e. The molecule has 0 bridgehead atoms. The molecule has 0 spiro atoms. The Morgan fingerprint density at radius 3 is 2.95 bits per heavy atom. The highest BCUT2D eigenvalue weighted by Crippen LogP contribution is 2.29. The summed E-state index contributed by atoms with van der Waals surface area (Å²) in [5, 5.41) is 3.02. The first-order valence-corrected chi connectivity index (χ1v) is 7.22. The number of benzene rings is 1. The molecule has 114 valence electrons. The molecule has 0 saturated heterocycles. The van der Waals surface area contributed by atoms with Crippen LogP contribution in [0.2, 0.25) is 0 Å². The van der Waals surface area contributed by atoms with Crippen LogP contribution in [-0.2, 0) is 17.6 Å². The van der Waals surface area contributed by atoms with E-state index >= 15 is 0 Å². The molecule has 2 heterocycles. The van der Waals surface area contributed by atoms with E-state index in [2.05, 4.69) is 10.3 Å². The fourth-order valence-electron chi connectivity index (χ4n) is 2.54. The number of amides is 1. The summed E-state index contributed by atoms with van der Waals surface area (Å²) in [6.45, 7) is 0.474. The number of methoxy groups -OCH3 is 1. The van der Waals surface area contributed by atoms with E-state index in [0.717, 1.165) is 29.0 Å². The lowest BCUT2D eigenvalue weighted by molar-refractivity contribution is -0.121. The third-order valence-corrected chi connectivity index (χ3v) is 3.66. The Morgan fingerprint density at radius 1 is 1.36 bits per heavy atom. The maximum absolute atomic E-state index is 12.1. The first kappa shape index (κ1) is 14.4. The molecule has 1 N–H and O–H groups in total. The minimum Gasteiger partial charge on any atom is -0.497 e. The van der Waals surface area contributed by atoms with Gasteiger partial charge in [0, 0.05) is 18.5 Å². The molecule has 0 radical (unpaired) electrons. The van der Waals surface area contributed by atoms with Gasteiger partial charge in [0.1, 0.15) is 18.1 Å². The lowest BCUT2D eigenvalue weighted by Crippen LogP contribution is -2.43. The number of nitrogens with one attached hydrogen (secondary N) is 1. The van der Waals surface area contributed by atoms with Crippen molar-refractivity contribution < 1.29 is 14.3 Å². The normalized spacial score (nSPS) is 16.3. The lowest BCUT2D eigenvalue weighted by atomic mass is 10.0. The van der Waals surface area contributed by atoms with E-state index < -0.39 is 0 Å². The number of aromatic nitrogens is 1. The summed E-state index contributed by atoms with van der Waals surface area (Å²) in [5.41, 5.74) is 2.04. The molecule has 1 amide bonds.